The van der Waals surface area contributed by atoms with Crippen LogP contribution in [0.15, 0.2) is 23.4 Å². The highest BCUT2D eigenvalue weighted by Gasteiger charge is 2.46. The molecule has 5 nitrogen and oxygen atoms in total. The molecule has 0 aromatic heterocycles. The lowest BCUT2D eigenvalue weighted by Gasteiger charge is -2.49. The van der Waals surface area contributed by atoms with Gasteiger partial charge in [-0.3, -0.25) is 0 Å². The first-order valence-corrected chi connectivity index (χ1v) is 6.54. The van der Waals surface area contributed by atoms with Crippen LogP contribution in [-0.4, -0.2) is 28.3 Å². The van der Waals surface area contributed by atoms with Crippen LogP contribution >= 0.6 is 0 Å². The Bertz CT molecular complexity index is 531. The molecule has 0 spiro atoms. The van der Waals surface area contributed by atoms with Crippen LogP contribution in [0.4, 0.5) is 4.39 Å². The third kappa shape index (κ3) is 2.48. The summed E-state index contributed by atoms with van der Waals surface area (Å²) in [5, 5.41) is 24.3. The zero-order valence-corrected chi connectivity index (χ0v) is 11.6. The van der Waals surface area contributed by atoms with Crippen LogP contribution in [0.1, 0.15) is 31.4 Å². The highest BCUT2D eigenvalue weighted by Crippen LogP contribution is 2.40. The Morgan fingerprint density at radius 2 is 2.25 bits per heavy atom. The number of oxime groups is 1. The van der Waals surface area contributed by atoms with Gasteiger partial charge in [-0.1, -0.05) is 31.1 Å². The standard InChI is InChI=1S/C14H20FN3O2/c1-14(2)10(6-11(14)19)17-7-8-4-3-5-9(12(8)15)13(16)18-20/h3-5,10-11,17,19-20H,6-7H2,1-2H3,(H2,16,18). The lowest BCUT2D eigenvalue weighted by Crippen LogP contribution is -2.59. The largest absolute Gasteiger partial charge is 0.409 e. The molecule has 0 heterocycles. The van der Waals surface area contributed by atoms with E-state index in [1.165, 1.54) is 6.07 Å². The highest BCUT2D eigenvalue weighted by molar-refractivity contribution is 5.97. The van der Waals surface area contributed by atoms with Gasteiger partial charge in [0.15, 0.2) is 5.84 Å². The topological polar surface area (TPSA) is 90.9 Å². The summed E-state index contributed by atoms with van der Waals surface area (Å²) in [6, 6.07) is 4.92. The summed E-state index contributed by atoms with van der Waals surface area (Å²) in [5.41, 5.74) is 5.75. The average molecular weight is 281 g/mol. The van der Waals surface area contributed by atoms with Crippen molar-refractivity contribution in [1.82, 2.24) is 5.32 Å². The van der Waals surface area contributed by atoms with Crippen LogP contribution in [0.2, 0.25) is 0 Å². The van der Waals surface area contributed by atoms with Gasteiger partial charge >= 0.3 is 0 Å². The van der Waals surface area contributed by atoms with E-state index < -0.39 is 5.82 Å². The van der Waals surface area contributed by atoms with Gasteiger partial charge < -0.3 is 21.4 Å². The van der Waals surface area contributed by atoms with E-state index in [4.69, 9.17) is 10.9 Å². The Hall–Kier alpha value is -1.66. The SMILES string of the molecule is CC1(C)C(O)CC1NCc1cccc(/C(N)=N/O)c1F. The van der Waals surface area contributed by atoms with Crippen molar-refractivity contribution in [2.75, 3.05) is 0 Å². The molecule has 5 N–H and O–H groups in total. The smallest absolute Gasteiger partial charge is 0.173 e. The quantitative estimate of drug-likeness (QED) is 0.288. The van der Waals surface area contributed by atoms with Gasteiger partial charge in [0.05, 0.1) is 11.7 Å². The van der Waals surface area contributed by atoms with Crippen LogP contribution in [0.25, 0.3) is 0 Å². The number of rotatable bonds is 4. The number of hydrogen-bond donors (Lipinski definition) is 4. The third-order valence-electron chi connectivity index (χ3n) is 4.22. The Morgan fingerprint density at radius 3 is 2.80 bits per heavy atom. The molecule has 2 unspecified atom stereocenters. The van der Waals surface area contributed by atoms with Crippen molar-refractivity contribution in [1.29, 1.82) is 0 Å². The molecule has 6 heteroatoms. The van der Waals surface area contributed by atoms with E-state index in [1.54, 1.807) is 12.1 Å². The molecular formula is C14H20FN3O2. The number of hydrogen-bond acceptors (Lipinski definition) is 4. The number of aliphatic hydroxyl groups is 1. The minimum absolute atomic E-state index is 0.0831. The molecule has 110 valence electrons. The molecule has 1 aromatic carbocycles. The van der Waals surface area contributed by atoms with Gasteiger partial charge in [0.2, 0.25) is 0 Å². The Kier molecular flexibility index (Phi) is 3.96. The van der Waals surface area contributed by atoms with E-state index in [9.17, 15) is 9.50 Å². The highest BCUT2D eigenvalue weighted by atomic mass is 19.1. The van der Waals surface area contributed by atoms with Gasteiger partial charge in [-0.15, -0.1) is 0 Å². The molecule has 1 aromatic rings. The molecule has 20 heavy (non-hydrogen) atoms. The van der Waals surface area contributed by atoms with Crippen molar-refractivity contribution in [2.45, 2.75) is 39.0 Å². The van der Waals surface area contributed by atoms with Gasteiger partial charge in [0, 0.05) is 23.6 Å². The second-order valence-corrected chi connectivity index (χ2v) is 5.77. The number of nitrogens with zero attached hydrogens (tertiary/aromatic N) is 1. The first-order chi connectivity index (χ1) is 9.37. The molecule has 1 aliphatic carbocycles. The summed E-state index contributed by atoms with van der Waals surface area (Å²) in [6.45, 7) is 4.28. The normalized spacial score (nSPS) is 25.3. The molecule has 0 saturated heterocycles. The van der Waals surface area contributed by atoms with Crippen molar-refractivity contribution >= 4 is 5.84 Å². The van der Waals surface area contributed by atoms with E-state index in [1.807, 2.05) is 13.8 Å². The van der Waals surface area contributed by atoms with Gasteiger partial charge in [-0.05, 0) is 12.5 Å². The van der Waals surface area contributed by atoms with Gasteiger partial charge in [0.1, 0.15) is 5.82 Å². The van der Waals surface area contributed by atoms with Crippen LogP contribution in [0.5, 0.6) is 0 Å². The number of benzene rings is 1. The van der Waals surface area contributed by atoms with Crippen LogP contribution in [0.3, 0.4) is 0 Å². The van der Waals surface area contributed by atoms with E-state index in [0.717, 1.165) is 0 Å². The van der Waals surface area contributed by atoms with Crippen molar-refractivity contribution in [3.63, 3.8) is 0 Å². The second kappa shape index (κ2) is 5.38. The number of aliphatic hydroxyl groups excluding tert-OH is 1. The fraction of sp³-hybridized carbons (Fsp3) is 0.500. The van der Waals surface area contributed by atoms with Crippen LogP contribution in [0, 0.1) is 11.2 Å². The van der Waals surface area contributed by atoms with Crippen LogP contribution in [-0.2, 0) is 6.54 Å². The third-order valence-corrected chi connectivity index (χ3v) is 4.22. The van der Waals surface area contributed by atoms with Gasteiger partial charge in [-0.25, -0.2) is 4.39 Å². The minimum Gasteiger partial charge on any atom is -0.409 e. The van der Waals surface area contributed by atoms with E-state index in [-0.39, 0.29) is 29.0 Å². The number of amidine groups is 1. The number of nitrogens with two attached hydrogens (primary N) is 1. The van der Waals surface area contributed by atoms with Crippen molar-refractivity contribution in [3.05, 3.63) is 35.1 Å². The molecule has 0 radical (unpaired) electrons. The average Bonchev–Trinajstić information content (AvgIpc) is 2.43. The maximum absolute atomic E-state index is 14.2. The molecule has 2 atom stereocenters. The summed E-state index contributed by atoms with van der Waals surface area (Å²) in [6.07, 6.45) is 0.336. The zero-order valence-electron chi connectivity index (χ0n) is 11.6. The molecule has 1 saturated carbocycles. The summed E-state index contributed by atoms with van der Waals surface area (Å²) >= 11 is 0. The fourth-order valence-electron chi connectivity index (χ4n) is 2.45. The molecule has 2 rings (SSSR count). The Morgan fingerprint density at radius 1 is 1.55 bits per heavy atom. The summed E-state index contributed by atoms with van der Waals surface area (Å²) in [4.78, 5) is 0. The molecule has 1 fully saturated rings. The molecule has 0 bridgehead atoms. The first kappa shape index (κ1) is 14.7. The number of nitrogens with one attached hydrogen (secondary N) is 1. The van der Waals surface area contributed by atoms with E-state index in [2.05, 4.69) is 10.5 Å². The predicted octanol–water partition coefficient (Wildman–Crippen LogP) is 1.17. The lowest BCUT2D eigenvalue weighted by molar-refractivity contribution is -0.0730. The number of halogens is 1. The molecular weight excluding hydrogens is 261 g/mol. The van der Waals surface area contributed by atoms with Crippen molar-refractivity contribution in [2.24, 2.45) is 16.3 Å². The predicted molar refractivity (Wildman–Crippen MR) is 73.9 cm³/mol. The van der Waals surface area contributed by atoms with Gasteiger partial charge in [0.25, 0.3) is 0 Å². The summed E-state index contributed by atoms with van der Waals surface area (Å²) < 4.78 is 14.2. The Balaban J connectivity index is 2.08. The summed E-state index contributed by atoms with van der Waals surface area (Å²) in [7, 11) is 0. The second-order valence-electron chi connectivity index (χ2n) is 5.77. The van der Waals surface area contributed by atoms with Crippen molar-refractivity contribution < 1.29 is 14.7 Å². The summed E-state index contributed by atoms with van der Waals surface area (Å²) in [5.74, 6) is -0.739. The fourth-order valence-corrected chi connectivity index (χ4v) is 2.45. The zero-order chi connectivity index (χ0) is 14.9. The minimum atomic E-state index is -0.493. The maximum Gasteiger partial charge on any atom is 0.173 e. The molecule has 1 aliphatic rings. The first-order valence-electron chi connectivity index (χ1n) is 6.54. The Labute approximate surface area is 117 Å². The monoisotopic (exact) mass is 281 g/mol. The van der Waals surface area contributed by atoms with Crippen LogP contribution < -0.4 is 11.1 Å². The van der Waals surface area contributed by atoms with Gasteiger partial charge in [-0.2, -0.15) is 0 Å². The van der Waals surface area contributed by atoms with Crippen molar-refractivity contribution in [3.8, 4) is 0 Å². The maximum atomic E-state index is 14.2. The molecule has 0 amide bonds. The molecule has 0 aliphatic heterocycles. The lowest BCUT2D eigenvalue weighted by atomic mass is 9.64. The van der Waals surface area contributed by atoms with E-state index in [0.29, 0.717) is 18.5 Å². The van der Waals surface area contributed by atoms with E-state index >= 15 is 0 Å².